The van der Waals surface area contributed by atoms with Crippen LogP contribution in [-0.2, 0) is 131 Å². The lowest BCUT2D eigenvalue weighted by molar-refractivity contribution is -0.362. The Kier molecular flexibility index (Phi) is 31.8. The number of benzene rings is 12. The number of ether oxygens (including phenoxy) is 12. The Hall–Kier alpha value is -11.4. The van der Waals surface area contributed by atoms with Crippen LogP contribution in [0.1, 0.15) is 86.2 Å². The van der Waals surface area contributed by atoms with Gasteiger partial charge in [-0.2, -0.15) is 8.42 Å². The van der Waals surface area contributed by atoms with E-state index < -0.39 is 125 Å². The topological polar surface area (TPSA) is 221 Å². The van der Waals surface area contributed by atoms with Gasteiger partial charge in [-0.25, -0.2) is 4.39 Å². The fourth-order valence-electron chi connectivity index (χ4n) is 16.3. The number of carbonyl (C=O) groups is 2. The van der Waals surface area contributed by atoms with Crippen molar-refractivity contribution < 1.29 is 88.5 Å². The van der Waals surface area contributed by atoms with Crippen LogP contribution in [0.4, 0.5) is 10.1 Å². The van der Waals surface area contributed by atoms with Crippen molar-refractivity contribution in [1.82, 2.24) is 0 Å². The molecule has 5 unspecified atom stereocenters. The minimum absolute atomic E-state index is 0.000415. The van der Waals surface area contributed by atoms with Crippen molar-refractivity contribution in [3.63, 3.8) is 0 Å². The van der Waals surface area contributed by atoms with E-state index in [9.17, 15) is 14.3 Å². The number of nitrogens with one attached hydrogen (secondary N) is 1. The summed E-state index contributed by atoms with van der Waals surface area (Å²) in [5, 5.41) is 15.6. The van der Waals surface area contributed by atoms with Crippen LogP contribution in [0.25, 0.3) is 0 Å². The number of aliphatic hydroxyl groups is 1. The lowest BCUT2D eigenvalue weighted by Crippen LogP contribution is -2.66. The molecule has 0 aromatic heterocycles. The number of aliphatic hydroxyl groups excluding tert-OH is 1. The zero-order valence-electron chi connectivity index (χ0n) is 69.3. The molecule has 0 spiro atoms. The highest BCUT2D eigenvalue weighted by Gasteiger charge is 2.56. The molecule has 646 valence electrons. The highest BCUT2D eigenvalue weighted by atomic mass is 32.2. The van der Waals surface area contributed by atoms with Crippen LogP contribution in [0.2, 0.25) is 0 Å². The molecule has 3 saturated heterocycles. The Morgan fingerprint density at radius 1 is 0.432 bits per heavy atom. The van der Waals surface area contributed by atoms with Crippen molar-refractivity contribution in [3.8, 4) is 11.5 Å². The summed E-state index contributed by atoms with van der Waals surface area (Å²) in [4.78, 5) is 30.4. The van der Waals surface area contributed by atoms with Gasteiger partial charge in [-0.05, 0) is 111 Å². The van der Waals surface area contributed by atoms with Crippen LogP contribution in [0, 0.1) is 23.6 Å². The molecule has 15 atom stereocenters. The minimum atomic E-state index is -4.87. The number of rotatable bonds is 44. The molecule has 3 fully saturated rings. The van der Waals surface area contributed by atoms with E-state index in [1.54, 1.807) is 6.07 Å². The van der Waals surface area contributed by atoms with Crippen LogP contribution >= 0.6 is 0 Å². The molecule has 12 aromatic rings. The van der Waals surface area contributed by atoms with Gasteiger partial charge >= 0.3 is 16.1 Å². The van der Waals surface area contributed by atoms with Crippen molar-refractivity contribution >= 4 is 27.6 Å². The maximum atomic E-state index is 16.1. The lowest BCUT2D eigenvalue weighted by atomic mass is 9.75. The summed E-state index contributed by atoms with van der Waals surface area (Å²) in [5.41, 5.74) is 9.04. The van der Waals surface area contributed by atoms with Crippen LogP contribution < -0.4 is 14.2 Å². The van der Waals surface area contributed by atoms with E-state index >= 15 is 13.2 Å². The van der Waals surface area contributed by atoms with Gasteiger partial charge in [0, 0.05) is 29.2 Å². The van der Waals surface area contributed by atoms with Crippen molar-refractivity contribution in [2.45, 2.75) is 145 Å². The summed E-state index contributed by atoms with van der Waals surface area (Å²) in [6.45, 7) is 0.431. The Morgan fingerprint density at radius 3 is 1.30 bits per heavy atom. The van der Waals surface area contributed by atoms with E-state index in [0.29, 0.717) is 23.2 Å². The zero-order valence-corrected chi connectivity index (χ0v) is 70.2. The highest BCUT2D eigenvalue weighted by molar-refractivity contribution is 7.87. The Bertz CT molecular complexity index is 5350. The normalized spacial score (nSPS) is 21.4. The molecular weight excluding hydrogens is 1600 g/mol. The molecule has 3 heterocycles. The number of Topliss-reactive ketones (excluding diaryl/α,β-unsaturated/α-hetero) is 1. The fourth-order valence-corrected chi connectivity index (χ4v) is 17.4. The molecule has 3 aliphatic rings. The SMILES string of the molecule is O=C1OC[C@H](Cc2ccccc2)C1C(=O)[C@H](CC[C@H](O)c1ccc(F)cc1)[C@H](Nc1ccccc1)c1ccc(OS(=O)(=O)CC2OC(COCc3ccccc3)[C@@H](OC3OC(COCc4ccccc4)[C@@H](OCc4ccccc4)[C@@H](OCc4ccccc4)[C@@H]3OCc3ccccc3)[C@@H](OCc3ccccc3)[C@@H]2OCc2ccccc2)cc1OCc1ccccc1. The summed E-state index contributed by atoms with van der Waals surface area (Å²) >= 11 is 0. The van der Waals surface area contributed by atoms with E-state index in [-0.39, 0.29) is 97.0 Å². The summed E-state index contributed by atoms with van der Waals surface area (Å²) in [7, 11) is -4.87. The smallest absolute Gasteiger partial charge is 0.316 e. The quantitative estimate of drug-likeness (QED) is 0.0206. The number of cyclic esters (lactones) is 1. The van der Waals surface area contributed by atoms with Crippen molar-refractivity contribution in [2.24, 2.45) is 17.8 Å². The molecule has 2 N–H and O–H groups in total. The third-order valence-corrected chi connectivity index (χ3v) is 23.8. The zero-order chi connectivity index (χ0) is 85.8. The van der Waals surface area contributed by atoms with Gasteiger partial charge in [0.2, 0.25) is 0 Å². The van der Waals surface area contributed by atoms with Gasteiger partial charge < -0.3 is 71.4 Å². The van der Waals surface area contributed by atoms with Gasteiger partial charge in [-0.15, -0.1) is 0 Å². The van der Waals surface area contributed by atoms with Crippen LogP contribution in [-0.4, -0.2) is 112 Å². The van der Waals surface area contributed by atoms with E-state index in [1.807, 2.05) is 303 Å². The number of anilines is 1. The average Bonchev–Trinajstić information content (AvgIpc) is 1.53. The largest absolute Gasteiger partial charge is 0.488 e. The Morgan fingerprint density at radius 2 is 0.832 bits per heavy atom. The van der Waals surface area contributed by atoms with Crippen LogP contribution in [0.3, 0.4) is 0 Å². The van der Waals surface area contributed by atoms with E-state index in [0.717, 1.165) is 50.1 Å². The van der Waals surface area contributed by atoms with E-state index in [1.165, 1.54) is 36.4 Å². The second-order valence-electron chi connectivity index (χ2n) is 31.6. The molecular formula is C104H104FNO18S. The molecule has 15 rings (SSSR count). The monoisotopic (exact) mass is 1710 g/mol. The molecule has 12 aromatic carbocycles. The minimum Gasteiger partial charge on any atom is -0.488 e. The summed E-state index contributed by atoms with van der Waals surface area (Å²) in [5.74, 6) is -5.41. The first-order valence-electron chi connectivity index (χ1n) is 42.5. The molecule has 21 heteroatoms. The average molecular weight is 1710 g/mol. The number of para-hydroxylation sites is 1. The second-order valence-corrected chi connectivity index (χ2v) is 33.3. The van der Waals surface area contributed by atoms with Crippen molar-refractivity contribution in [3.05, 3.63) is 413 Å². The molecule has 19 nitrogen and oxygen atoms in total. The van der Waals surface area contributed by atoms with Gasteiger partial charge in [0.05, 0.1) is 78.2 Å². The highest BCUT2D eigenvalue weighted by Crippen LogP contribution is 2.44. The maximum Gasteiger partial charge on any atom is 0.316 e. The van der Waals surface area contributed by atoms with Gasteiger partial charge in [0.25, 0.3) is 0 Å². The number of hydrogen-bond donors (Lipinski definition) is 2. The summed E-state index contributed by atoms with van der Waals surface area (Å²) in [6.07, 6.45) is -12.3. The third-order valence-electron chi connectivity index (χ3n) is 22.7. The summed E-state index contributed by atoms with van der Waals surface area (Å²) < 4.78 is 138. The number of carbonyl (C=O) groups excluding carboxylic acids is 2. The number of ketones is 1. The number of hydrogen-bond acceptors (Lipinski definition) is 19. The first-order chi connectivity index (χ1) is 61.3. The van der Waals surface area contributed by atoms with E-state index in [2.05, 4.69) is 5.32 Å². The van der Waals surface area contributed by atoms with Gasteiger partial charge in [0.1, 0.15) is 90.5 Å². The number of halogens is 1. The molecule has 0 aliphatic carbocycles. The molecule has 0 amide bonds. The van der Waals surface area contributed by atoms with Gasteiger partial charge in [-0.1, -0.05) is 303 Å². The van der Waals surface area contributed by atoms with Crippen LogP contribution in [0.15, 0.2) is 346 Å². The maximum absolute atomic E-state index is 16.1. The van der Waals surface area contributed by atoms with Crippen LogP contribution in [0.5, 0.6) is 11.5 Å². The second kappa shape index (κ2) is 45.0. The first-order valence-corrected chi connectivity index (χ1v) is 44.1. The molecule has 0 saturated carbocycles. The molecule has 125 heavy (non-hydrogen) atoms. The molecule has 0 radical (unpaired) electrons. The number of esters is 1. The first kappa shape index (κ1) is 88.5. The third kappa shape index (κ3) is 25.3. The van der Waals surface area contributed by atoms with Crippen molar-refractivity contribution in [2.75, 3.05) is 30.9 Å². The van der Waals surface area contributed by atoms with Gasteiger partial charge in [0.15, 0.2) is 12.1 Å². The predicted molar refractivity (Wildman–Crippen MR) is 471 cm³/mol. The van der Waals surface area contributed by atoms with E-state index in [4.69, 9.17) is 61.0 Å². The Balaban J connectivity index is 0.819. The summed E-state index contributed by atoms with van der Waals surface area (Å²) in [6, 6.07) is 105. The standard InChI is InChI=1S/C104H104FNO18S/c105-84-53-51-82(52-54-84)89(107)58-57-88(96(108)94-83(69-120-103(94)109)59-73-31-11-1-12-32-73)95(106-85-49-29-10-30-50-85)87-56-55-86(60-90(87)114-63-76-37-17-4-18-38-76)124-125(110,111)72-93-98(116-65-78-41-21-6-22-42-78)100(117-66-79-43-23-7-24-44-79)99(92(121-93)71-113-62-75-35-15-3-16-36-75)123-104-102(119-68-81-47-27-9-28-48-81)101(118-67-80-45-25-8-26-46-80)97(115-64-77-39-19-5-20-40-77)91(122-104)70-112-61-74-33-13-2-14-34-74/h1-56,60,83,88-89,91-95,97-102,104,106-107H,57-59,61-72H2/t83-,88+,89-,91?,92?,93?,94?,95+,97+,98+,99+,100-,101+,102-,104?/m0/s1. The lowest BCUT2D eigenvalue weighted by Gasteiger charge is -2.50. The molecule has 3 aliphatic heterocycles. The fraction of sp³-hybridized carbons (Fsp3) is 0.288. The predicted octanol–water partition coefficient (Wildman–Crippen LogP) is 18.2. The van der Waals surface area contributed by atoms with Gasteiger partial charge in [-0.3, -0.25) is 9.59 Å². The molecule has 0 bridgehead atoms. The van der Waals surface area contributed by atoms with Crippen molar-refractivity contribution in [1.29, 1.82) is 0 Å². The Labute approximate surface area is 730 Å².